The molecule has 0 heterocycles. The molecule has 0 fully saturated rings. The van der Waals surface area contributed by atoms with Gasteiger partial charge in [-0.2, -0.15) is 0 Å². The van der Waals surface area contributed by atoms with Crippen molar-refractivity contribution in [1.29, 1.82) is 0 Å². The van der Waals surface area contributed by atoms with E-state index in [9.17, 15) is 9.59 Å². The molecule has 0 saturated carbocycles. The highest BCUT2D eigenvalue weighted by Gasteiger charge is 2.14. The van der Waals surface area contributed by atoms with Gasteiger partial charge >= 0.3 is 0 Å². The quantitative estimate of drug-likeness (QED) is 0.621. The average molecular weight is 284 g/mol. The monoisotopic (exact) mass is 284 g/mol. The van der Waals surface area contributed by atoms with E-state index in [1.807, 2.05) is 0 Å². The van der Waals surface area contributed by atoms with Crippen LogP contribution in [0.5, 0.6) is 0 Å². The zero-order valence-electron chi connectivity index (χ0n) is 15.0. The molecule has 2 unspecified atom stereocenters. The maximum absolute atomic E-state index is 10.1. The summed E-state index contributed by atoms with van der Waals surface area (Å²) in [7, 11) is 0. The molecule has 0 radical (unpaired) electrons. The van der Waals surface area contributed by atoms with Gasteiger partial charge in [-0.3, -0.25) is 0 Å². The summed E-state index contributed by atoms with van der Waals surface area (Å²) < 4.78 is 0. The fourth-order valence-electron chi connectivity index (χ4n) is 2.59. The van der Waals surface area contributed by atoms with Gasteiger partial charge in [-0.25, -0.2) is 0 Å². The molecular formula is C18H36O2. The molecule has 0 rings (SSSR count). The minimum Gasteiger partial charge on any atom is -0.303 e. The van der Waals surface area contributed by atoms with Gasteiger partial charge in [0.05, 0.1) is 0 Å². The molecule has 0 aliphatic carbocycles. The van der Waals surface area contributed by atoms with Crippen molar-refractivity contribution in [2.75, 3.05) is 0 Å². The Bertz CT molecular complexity index is 228. The van der Waals surface area contributed by atoms with E-state index in [1.165, 1.54) is 0 Å². The molecule has 2 nitrogen and oxygen atoms in total. The molecule has 20 heavy (non-hydrogen) atoms. The first-order valence-electron chi connectivity index (χ1n) is 7.78. The van der Waals surface area contributed by atoms with Gasteiger partial charge in [0.25, 0.3) is 0 Å². The summed E-state index contributed by atoms with van der Waals surface area (Å²) in [4.78, 5) is 20.2. The first-order chi connectivity index (χ1) is 8.91. The van der Waals surface area contributed by atoms with Gasteiger partial charge in [-0.1, -0.05) is 55.4 Å². The maximum Gasteiger partial charge on any atom is 0.120 e. The van der Waals surface area contributed by atoms with Gasteiger partial charge in [0.15, 0.2) is 0 Å². The predicted molar refractivity (Wildman–Crippen MR) is 87.8 cm³/mol. The summed E-state index contributed by atoms with van der Waals surface area (Å²) in [6.07, 6.45) is 5.69. The van der Waals surface area contributed by atoms with Crippen LogP contribution in [-0.4, -0.2) is 12.6 Å². The van der Waals surface area contributed by atoms with Crippen LogP contribution in [0.15, 0.2) is 0 Å². The van der Waals surface area contributed by atoms with Crippen LogP contribution >= 0.6 is 0 Å². The number of rotatable bonds is 6. The van der Waals surface area contributed by atoms with Crippen molar-refractivity contribution in [2.45, 2.75) is 81.1 Å². The van der Waals surface area contributed by atoms with E-state index < -0.39 is 0 Å². The van der Waals surface area contributed by atoms with Gasteiger partial charge in [0.1, 0.15) is 12.6 Å². The molecule has 2 heteroatoms. The molecule has 0 aromatic heterocycles. The lowest BCUT2D eigenvalue weighted by molar-refractivity contribution is -0.109. The number of carbonyl (C=O) groups is 2. The van der Waals surface area contributed by atoms with Crippen molar-refractivity contribution < 1.29 is 9.59 Å². The van der Waals surface area contributed by atoms with Crippen LogP contribution in [-0.2, 0) is 9.59 Å². The van der Waals surface area contributed by atoms with Gasteiger partial charge in [-0.05, 0) is 35.5 Å². The van der Waals surface area contributed by atoms with Crippen molar-refractivity contribution >= 4 is 12.6 Å². The molecular weight excluding hydrogens is 248 g/mol. The van der Waals surface area contributed by atoms with Crippen LogP contribution in [0.25, 0.3) is 0 Å². The minimum atomic E-state index is 0.364. The topological polar surface area (TPSA) is 34.1 Å². The van der Waals surface area contributed by atoms with Crippen LogP contribution in [0.3, 0.4) is 0 Å². The van der Waals surface area contributed by atoms with Gasteiger partial charge in [-0.15, -0.1) is 0 Å². The van der Waals surface area contributed by atoms with E-state index in [4.69, 9.17) is 0 Å². The summed E-state index contributed by atoms with van der Waals surface area (Å²) in [5.74, 6) is 1.08. The fourth-order valence-corrected chi connectivity index (χ4v) is 2.59. The summed E-state index contributed by atoms with van der Waals surface area (Å²) in [5, 5.41) is 0. The Morgan fingerprint density at radius 2 is 0.950 bits per heavy atom. The third kappa shape index (κ3) is 19.7. The molecule has 0 bridgehead atoms. The first kappa shape index (κ1) is 21.6. The summed E-state index contributed by atoms with van der Waals surface area (Å²) in [6, 6.07) is 0. The van der Waals surface area contributed by atoms with E-state index in [0.717, 1.165) is 25.4 Å². The third-order valence-electron chi connectivity index (χ3n) is 2.92. The lowest BCUT2D eigenvalue weighted by atomic mass is 9.84. The summed E-state index contributed by atoms with van der Waals surface area (Å²) in [5.41, 5.74) is 0.727. The van der Waals surface area contributed by atoms with Gasteiger partial charge in [0.2, 0.25) is 0 Å². The Kier molecular flexibility index (Phi) is 11.0. The second-order valence-corrected chi connectivity index (χ2v) is 8.54. The van der Waals surface area contributed by atoms with Crippen molar-refractivity contribution in [3.8, 4) is 0 Å². The molecule has 0 aromatic carbocycles. The van der Waals surface area contributed by atoms with Crippen molar-refractivity contribution in [3.05, 3.63) is 0 Å². The molecule has 0 amide bonds. The molecule has 0 saturated heterocycles. The zero-order valence-corrected chi connectivity index (χ0v) is 15.0. The SMILES string of the molecule is CC(CC=O)CC(C)(C)C.CC(CC=O)CC(C)(C)C. The number of hydrogen-bond acceptors (Lipinski definition) is 2. The van der Waals surface area contributed by atoms with Crippen molar-refractivity contribution in [1.82, 2.24) is 0 Å². The molecule has 2 atom stereocenters. The lowest BCUT2D eigenvalue weighted by Gasteiger charge is -2.21. The lowest BCUT2D eigenvalue weighted by Crippen LogP contribution is -2.11. The molecule has 0 aliphatic rings. The molecule has 120 valence electrons. The van der Waals surface area contributed by atoms with E-state index in [0.29, 0.717) is 35.5 Å². The smallest absolute Gasteiger partial charge is 0.120 e. The molecule has 0 spiro atoms. The minimum absolute atomic E-state index is 0.364. The molecule has 0 N–H and O–H groups in total. The first-order valence-corrected chi connectivity index (χ1v) is 7.78. The van der Waals surface area contributed by atoms with E-state index in [-0.39, 0.29) is 0 Å². The van der Waals surface area contributed by atoms with Crippen LogP contribution in [0.1, 0.15) is 81.1 Å². The number of hydrogen-bond donors (Lipinski definition) is 0. The van der Waals surface area contributed by atoms with E-state index >= 15 is 0 Å². The van der Waals surface area contributed by atoms with Crippen molar-refractivity contribution in [3.63, 3.8) is 0 Å². The summed E-state index contributed by atoms with van der Waals surface area (Å²) in [6.45, 7) is 17.5. The highest BCUT2D eigenvalue weighted by atomic mass is 16.1. The predicted octanol–water partition coefficient (Wildman–Crippen LogP) is 5.30. The summed E-state index contributed by atoms with van der Waals surface area (Å²) >= 11 is 0. The second kappa shape index (κ2) is 10.1. The Hall–Kier alpha value is -0.660. The largest absolute Gasteiger partial charge is 0.303 e. The maximum atomic E-state index is 10.1. The van der Waals surface area contributed by atoms with E-state index in [1.54, 1.807) is 0 Å². The van der Waals surface area contributed by atoms with Crippen LogP contribution in [0, 0.1) is 22.7 Å². The van der Waals surface area contributed by atoms with Gasteiger partial charge < -0.3 is 9.59 Å². The van der Waals surface area contributed by atoms with Gasteiger partial charge in [0, 0.05) is 12.8 Å². The molecule has 0 aliphatic heterocycles. The fraction of sp³-hybridized carbons (Fsp3) is 0.889. The van der Waals surface area contributed by atoms with Crippen LogP contribution in [0.4, 0.5) is 0 Å². The van der Waals surface area contributed by atoms with E-state index in [2.05, 4.69) is 55.4 Å². The zero-order chi connectivity index (χ0) is 16.4. The normalized spacial score (nSPS) is 14.8. The Morgan fingerprint density at radius 1 is 0.700 bits per heavy atom. The van der Waals surface area contributed by atoms with Crippen LogP contribution in [0.2, 0.25) is 0 Å². The number of aldehydes is 2. The second-order valence-electron chi connectivity index (χ2n) is 8.54. The standard InChI is InChI=1S/2C9H18O/c2*1-8(5-6-10)7-9(2,3)4/h2*6,8H,5,7H2,1-4H3. The Labute approximate surface area is 126 Å². The van der Waals surface area contributed by atoms with Crippen LogP contribution < -0.4 is 0 Å². The highest BCUT2D eigenvalue weighted by molar-refractivity contribution is 5.49. The molecule has 0 aromatic rings. The highest BCUT2D eigenvalue weighted by Crippen LogP contribution is 2.25. The van der Waals surface area contributed by atoms with Crippen molar-refractivity contribution in [2.24, 2.45) is 22.7 Å². The third-order valence-corrected chi connectivity index (χ3v) is 2.92. The Morgan fingerprint density at radius 3 is 1.10 bits per heavy atom. The number of carbonyl (C=O) groups excluding carboxylic acids is 2. The average Bonchev–Trinajstić information content (AvgIpc) is 2.12. The Balaban J connectivity index is 0.